The van der Waals surface area contributed by atoms with Gasteiger partial charge in [0, 0.05) is 12.2 Å². The average molecular weight is 370 g/mol. The summed E-state index contributed by atoms with van der Waals surface area (Å²) < 4.78 is 1.90. The zero-order valence-corrected chi connectivity index (χ0v) is 17.1. The molecule has 0 unspecified atom stereocenters. The first kappa shape index (κ1) is 20.7. The molecule has 6 nitrogen and oxygen atoms in total. The summed E-state index contributed by atoms with van der Waals surface area (Å²) in [6.07, 6.45) is 0.850. The lowest BCUT2D eigenvalue weighted by Gasteiger charge is -2.23. The molecule has 2 aromatic rings. The number of hydrogen-bond donors (Lipinski definition) is 2. The molecule has 6 heteroatoms. The quantitative estimate of drug-likeness (QED) is 0.802. The van der Waals surface area contributed by atoms with E-state index in [4.69, 9.17) is 0 Å². The van der Waals surface area contributed by atoms with E-state index in [0.29, 0.717) is 23.5 Å². The van der Waals surface area contributed by atoms with E-state index in [1.54, 1.807) is 24.3 Å². The van der Waals surface area contributed by atoms with E-state index in [1.807, 2.05) is 17.7 Å². The Morgan fingerprint density at radius 3 is 2.37 bits per heavy atom. The lowest BCUT2D eigenvalue weighted by Crippen LogP contribution is -2.27. The molecular weight excluding hydrogens is 340 g/mol. The molecule has 2 N–H and O–H groups in total. The molecule has 0 aliphatic heterocycles. The fourth-order valence-corrected chi connectivity index (χ4v) is 2.77. The predicted octanol–water partition coefficient (Wildman–Crippen LogP) is 4.15. The maximum atomic E-state index is 12.8. The van der Waals surface area contributed by atoms with Crippen LogP contribution in [0, 0.1) is 0 Å². The van der Waals surface area contributed by atoms with Crippen LogP contribution >= 0.6 is 0 Å². The number of nitrogens with zero attached hydrogens (tertiary/aromatic N) is 2. The van der Waals surface area contributed by atoms with Crippen LogP contribution in [0.25, 0.3) is 0 Å². The minimum atomic E-state index is -0.323. The molecule has 146 valence electrons. The first-order chi connectivity index (χ1) is 12.6. The molecule has 1 heterocycles. The Morgan fingerprint density at radius 2 is 1.81 bits per heavy atom. The van der Waals surface area contributed by atoms with Crippen molar-refractivity contribution in [2.24, 2.45) is 0 Å². The Labute approximate surface area is 161 Å². The van der Waals surface area contributed by atoms with Crippen molar-refractivity contribution in [1.29, 1.82) is 0 Å². The lowest BCUT2D eigenvalue weighted by atomic mass is 10.1. The number of rotatable bonds is 6. The first-order valence-electron chi connectivity index (χ1n) is 9.44. The first-order valence-corrected chi connectivity index (χ1v) is 9.44. The summed E-state index contributed by atoms with van der Waals surface area (Å²) in [6.45, 7) is 12.9. The molecule has 2 rings (SSSR count). The van der Waals surface area contributed by atoms with Crippen molar-refractivity contribution >= 4 is 17.5 Å². The van der Waals surface area contributed by atoms with Gasteiger partial charge in [-0.25, -0.2) is 0 Å². The van der Waals surface area contributed by atoms with Gasteiger partial charge in [-0.1, -0.05) is 32.9 Å². The Balaban J connectivity index is 2.30. The molecule has 0 radical (unpaired) electrons. The van der Waals surface area contributed by atoms with Gasteiger partial charge < -0.3 is 10.6 Å². The summed E-state index contributed by atoms with van der Waals surface area (Å²) in [4.78, 5) is 25.1. The highest BCUT2D eigenvalue weighted by Crippen LogP contribution is 2.24. The highest BCUT2D eigenvalue weighted by Gasteiger charge is 2.24. The van der Waals surface area contributed by atoms with Crippen molar-refractivity contribution in [3.05, 3.63) is 47.3 Å². The number of amides is 2. The Hall–Kier alpha value is -2.63. The zero-order chi connectivity index (χ0) is 20.2. The van der Waals surface area contributed by atoms with Crippen molar-refractivity contribution < 1.29 is 9.59 Å². The molecule has 0 bridgehead atoms. The zero-order valence-electron chi connectivity index (χ0n) is 17.1. The van der Waals surface area contributed by atoms with Crippen molar-refractivity contribution in [3.8, 4) is 0 Å². The molecule has 1 aromatic carbocycles. The van der Waals surface area contributed by atoms with Gasteiger partial charge in [0.15, 0.2) is 5.69 Å². The van der Waals surface area contributed by atoms with E-state index in [0.717, 1.165) is 12.1 Å². The van der Waals surface area contributed by atoms with Crippen LogP contribution in [-0.2, 0) is 5.54 Å². The number of carbonyl (C=O) groups is 2. The van der Waals surface area contributed by atoms with Crippen LogP contribution < -0.4 is 10.6 Å². The van der Waals surface area contributed by atoms with Crippen LogP contribution in [0.5, 0.6) is 0 Å². The molecule has 0 atom stereocenters. The number of nitrogens with one attached hydrogen (secondary N) is 2. The van der Waals surface area contributed by atoms with Crippen molar-refractivity contribution in [3.63, 3.8) is 0 Å². The molecule has 0 aliphatic carbocycles. The Morgan fingerprint density at radius 1 is 1.15 bits per heavy atom. The molecule has 2 amide bonds. The fraction of sp³-hybridized carbons (Fsp3) is 0.476. The molecule has 0 saturated carbocycles. The molecular formula is C21H30N4O2. The van der Waals surface area contributed by atoms with Gasteiger partial charge in [-0.3, -0.25) is 14.3 Å². The van der Waals surface area contributed by atoms with Crippen molar-refractivity contribution in [1.82, 2.24) is 15.1 Å². The normalized spacial score (nSPS) is 11.5. The molecule has 0 spiro atoms. The summed E-state index contributed by atoms with van der Waals surface area (Å²) in [6, 6.07) is 8.82. The number of para-hydroxylation sites is 1. The average Bonchev–Trinajstić information content (AvgIpc) is 3.06. The summed E-state index contributed by atoms with van der Waals surface area (Å²) in [5, 5.41) is 10.2. The second-order valence-electron chi connectivity index (χ2n) is 7.95. The van der Waals surface area contributed by atoms with Gasteiger partial charge in [0.1, 0.15) is 0 Å². The number of aromatic nitrogens is 2. The number of benzene rings is 1. The molecule has 0 aliphatic rings. The second-order valence-corrected chi connectivity index (χ2v) is 7.95. The molecule has 27 heavy (non-hydrogen) atoms. The van der Waals surface area contributed by atoms with Gasteiger partial charge in [0.2, 0.25) is 0 Å². The number of carbonyl (C=O) groups excluding carboxylic acids is 2. The van der Waals surface area contributed by atoms with Crippen LogP contribution in [0.4, 0.5) is 5.69 Å². The van der Waals surface area contributed by atoms with Crippen LogP contribution in [0.2, 0.25) is 0 Å². The third-order valence-corrected chi connectivity index (χ3v) is 4.15. The Kier molecular flexibility index (Phi) is 6.41. The van der Waals surface area contributed by atoms with Gasteiger partial charge in [-0.15, -0.1) is 0 Å². The third kappa shape index (κ3) is 4.96. The Bertz CT molecular complexity index is 816. The summed E-state index contributed by atoms with van der Waals surface area (Å²) in [7, 11) is 0. The van der Waals surface area contributed by atoms with E-state index in [2.05, 4.69) is 50.4 Å². The summed E-state index contributed by atoms with van der Waals surface area (Å²) in [5.74, 6) is -0.281. The van der Waals surface area contributed by atoms with Gasteiger partial charge in [-0.05, 0) is 51.3 Å². The van der Waals surface area contributed by atoms with Gasteiger partial charge >= 0.3 is 0 Å². The van der Waals surface area contributed by atoms with E-state index in [-0.39, 0.29) is 23.3 Å². The van der Waals surface area contributed by atoms with E-state index in [9.17, 15) is 9.59 Å². The van der Waals surface area contributed by atoms with E-state index in [1.165, 1.54) is 0 Å². The highest BCUT2D eigenvalue weighted by atomic mass is 16.2. The SMILES string of the molecule is CCCNC(=O)c1ccccc1NC(=O)c1cc(C(C)C)n(C(C)(C)C)n1. The fourth-order valence-electron chi connectivity index (χ4n) is 2.77. The third-order valence-electron chi connectivity index (χ3n) is 4.15. The van der Waals surface area contributed by atoms with Crippen LogP contribution in [0.3, 0.4) is 0 Å². The van der Waals surface area contributed by atoms with Crippen LogP contribution in [0.15, 0.2) is 30.3 Å². The topological polar surface area (TPSA) is 76.0 Å². The monoisotopic (exact) mass is 370 g/mol. The number of hydrogen-bond acceptors (Lipinski definition) is 3. The molecule has 0 fully saturated rings. The smallest absolute Gasteiger partial charge is 0.276 e. The van der Waals surface area contributed by atoms with Crippen molar-refractivity contribution in [2.45, 2.75) is 59.4 Å². The minimum absolute atomic E-state index is 0.198. The highest BCUT2D eigenvalue weighted by molar-refractivity contribution is 6.08. The van der Waals surface area contributed by atoms with E-state index < -0.39 is 0 Å². The van der Waals surface area contributed by atoms with Crippen molar-refractivity contribution in [2.75, 3.05) is 11.9 Å². The molecule has 1 aromatic heterocycles. The largest absolute Gasteiger partial charge is 0.352 e. The minimum Gasteiger partial charge on any atom is -0.352 e. The van der Waals surface area contributed by atoms with Crippen LogP contribution in [-0.4, -0.2) is 28.1 Å². The lowest BCUT2D eigenvalue weighted by molar-refractivity contribution is 0.0954. The predicted molar refractivity (Wildman–Crippen MR) is 108 cm³/mol. The maximum absolute atomic E-state index is 12.8. The summed E-state index contributed by atoms with van der Waals surface area (Å²) >= 11 is 0. The second kappa shape index (κ2) is 8.37. The van der Waals surface area contributed by atoms with Crippen LogP contribution in [0.1, 0.15) is 80.4 Å². The van der Waals surface area contributed by atoms with Gasteiger partial charge in [-0.2, -0.15) is 5.10 Å². The number of anilines is 1. The summed E-state index contributed by atoms with van der Waals surface area (Å²) in [5.41, 5.74) is 2.04. The van der Waals surface area contributed by atoms with Gasteiger partial charge in [0.25, 0.3) is 11.8 Å². The standard InChI is InChI=1S/C21H30N4O2/c1-7-12-22-19(26)15-10-8-9-11-16(15)23-20(27)17-13-18(14(2)3)25(24-17)21(4,5)6/h8-11,13-14H,7,12H2,1-6H3,(H,22,26)(H,23,27). The maximum Gasteiger partial charge on any atom is 0.276 e. The molecule has 0 saturated heterocycles. The van der Waals surface area contributed by atoms with Gasteiger partial charge in [0.05, 0.1) is 16.8 Å². The van der Waals surface area contributed by atoms with E-state index >= 15 is 0 Å².